The molecule has 0 spiro atoms. The zero-order valence-corrected chi connectivity index (χ0v) is 14.0. The van der Waals surface area contributed by atoms with E-state index in [9.17, 15) is 5.11 Å². The first-order valence-corrected chi connectivity index (χ1v) is 8.45. The van der Waals surface area contributed by atoms with Crippen molar-refractivity contribution < 1.29 is 14.6 Å². The van der Waals surface area contributed by atoms with E-state index in [1.54, 1.807) is 0 Å². The minimum Gasteiger partial charge on any atom is -0.494 e. The maximum absolute atomic E-state index is 9.72. The van der Waals surface area contributed by atoms with Gasteiger partial charge in [0.2, 0.25) is 0 Å². The van der Waals surface area contributed by atoms with Gasteiger partial charge in [0.15, 0.2) is 0 Å². The van der Waals surface area contributed by atoms with Crippen molar-refractivity contribution in [2.75, 3.05) is 32.9 Å². The van der Waals surface area contributed by atoms with Gasteiger partial charge in [-0.1, -0.05) is 6.92 Å². The lowest BCUT2D eigenvalue weighted by Gasteiger charge is -2.33. The predicted octanol–water partition coefficient (Wildman–Crippen LogP) is 3.25. The summed E-state index contributed by atoms with van der Waals surface area (Å²) in [5, 5.41) is 9.72. The van der Waals surface area contributed by atoms with Crippen LogP contribution in [0.3, 0.4) is 0 Å². The third kappa shape index (κ3) is 3.93. The van der Waals surface area contributed by atoms with Crippen molar-refractivity contribution in [2.45, 2.75) is 39.7 Å². The molecule has 0 radical (unpaired) electrons. The van der Waals surface area contributed by atoms with Crippen LogP contribution >= 0.6 is 0 Å². The molecule has 2 unspecified atom stereocenters. The number of hydrogen-bond acceptors (Lipinski definition) is 4. The molecule has 1 aromatic rings. The summed E-state index contributed by atoms with van der Waals surface area (Å²) in [4.78, 5) is 2.47. The van der Waals surface area contributed by atoms with Gasteiger partial charge in [-0.3, -0.25) is 4.90 Å². The van der Waals surface area contributed by atoms with E-state index in [1.807, 2.05) is 26.0 Å². The summed E-state index contributed by atoms with van der Waals surface area (Å²) >= 11 is 0. The van der Waals surface area contributed by atoms with Crippen LogP contribution in [0.4, 0.5) is 0 Å². The van der Waals surface area contributed by atoms with E-state index in [1.165, 1.54) is 12.8 Å². The van der Waals surface area contributed by atoms with Crippen LogP contribution in [0.2, 0.25) is 0 Å². The van der Waals surface area contributed by atoms with Crippen LogP contribution in [0.1, 0.15) is 45.2 Å². The average molecular weight is 307 g/mol. The smallest absolute Gasteiger partial charge is 0.124 e. The molecular weight excluding hydrogens is 278 g/mol. The van der Waals surface area contributed by atoms with Crippen LogP contribution in [-0.4, -0.2) is 42.9 Å². The van der Waals surface area contributed by atoms with Crippen LogP contribution in [0.5, 0.6) is 11.5 Å². The molecule has 0 bridgehead atoms. The van der Waals surface area contributed by atoms with Crippen LogP contribution in [-0.2, 0) is 0 Å². The van der Waals surface area contributed by atoms with Gasteiger partial charge in [0, 0.05) is 18.2 Å². The second kappa shape index (κ2) is 8.39. The Balaban J connectivity index is 2.39. The first-order chi connectivity index (χ1) is 10.7. The molecule has 2 atom stereocenters. The molecule has 4 heteroatoms. The Bertz CT molecular complexity index is 458. The van der Waals surface area contributed by atoms with E-state index in [4.69, 9.17) is 9.47 Å². The van der Waals surface area contributed by atoms with Crippen molar-refractivity contribution in [3.05, 3.63) is 23.8 Å². The average Bonchev–Trinajstić information content (AvgIpc) is 3.04. The minimum atomic E-state index is 0.161. The monoisotopic (exact) mass is 307 g/mol. The van der Waals surface area contributed by atoms with E-state index in [2.05, 4.69) is 17.9 Å². The fraction of sp³-hybridized carbons (Fsp3) is 0.667. The van der Waals surface area contributed by atoms with Gasteiger partial charge >= 0.3 is 0 Å². The van der Waals surface area contributed by atoms with E-state index in [0.717, 1.165) is 30.2 Å². The van der Waals surface area contributed by atoms with Crippen LogP contribution in [0, 0.1) is 5.92 Å². The van der Waals surface area contributed by atoms with Crippen molar-refractivity contribution in [2.24, 2.45) is 5.92 Å². The molecule has 1 aliphatic rings. The van der Waals surface area contributed by atoms with Gasteiger partial charge in [-0.25, -0.2) is 0 Å². The van der Waals surface area contributed by atoms with E-state index < -0.39 is 0 Å². The molecule has 4 nitrogen and oxygen atoms in total. The number of hydrogen-bond donors (Lipinski definition) is 1. The number of aliphatic hydroxyl groups is 1. The third-order valence-corrected chi connectivity index (χ3v) is 4.27. The largest absolute Gasteiger partial charge is 0.494 e. The van der Waals surface area contributed by atoms with Crippen molar-refractivity contribution in [1.82, 2.24) is 4.90 Å². The summed E-state index contributed by atoms with van der Waals surface area (Å²) in [7, 11) is 0. The summed E-state index contributed by atoms with van der Waals surface area (Å²) in [5.74, 6) is 1.94. The van der Waals surface area contributed by atoms with E-state index in [0.29, 0.717) is 13.2 Å². The van der Waals surface area contributed by atoms with E-state index >= 15 is 0 Å². The molecule has 1 N–H and O–H groups in total. The molecular formula is C18H29NO3. The summed E-state index contributed by atoms with van der Waals surface area (Å²) in [5.41, 5.74) is 1.14. The third-order valence-electron chi connectivity index (χ3n) is 4.27. The molecule has 2 rings (SSSR count). The van der Waals surface area contributed by atoms with Gasteiger partial charge in [0.1, 0.15) is 11.5 Å². The molecule has 0 aromatic heterocycles. The standard InChI is InChI=1S/C18H29NO3/c1-4-21-15-8-9-17(22-5-2)16(12-15)18(14(3)13-20)19-10-6-7-11-19/h8-9,12,14,18,20H,4-7,10-11,13H2,1-3H3. The Labute approximate surface area is 134 Å². The molecule has 1 heterocycles. The van der Waals surface area contributed by atoms with Gasteiger partial charge in [0.05, 0.1) is 13.2 Å². The molecule has 1 fully saturated rings. The lowest BCUT2D eigenvalue weighted by molar-refractivity contribution is 0.123. The van der Waals surface area contributed by atoms with Gasteiger partial charge < -0.3 is 14.6 Å². The molecule has 1 aliphatic heterocycles. The van der Waals surface area contributed by atoms with Crippen molar-refractivity contribution in [1.29, 1.82) is 0 Å². The number of nitrogens with zero attached hydrogens (tertiary/aromatic N) is 1. The van der Waals surface area contributed by atoms with Crippen molar-refractivity contribution in [3.8, 4) is 11.5 Å². The zero-order valence-electron chi connectivity index (χ0n) is 14.0. The van der Waals surface area contributed by atoms with Crippen LogP contribution < -0.4 is 9.47 Å². The summed E-state index contributed by atoms with van der Waals surface area (Å²) < 4.78 is 11.5. The number of aliphatic hydroxyl groups excluding tert-OH is 1. The zero-order chi connectivity index (χ0) is 15.9. The SMILES string of the molecule is CCOc1ccc(OCC)c(C(C(C)CO)N2CCCC2)c1. The molecule has 124 valence electrons. The van der Waals surface area contributed by atoms with Crippen molar-refractivity contribution >= 4 is 0 Å². The van der Waals surface area contributed by atoms with Gasteiger partial charge in [0.25, 0.3) is 0 Å². The Kier molecular flexibility index (Phi) is 6.52. The summed E-state index contributed by atoms with van der Waals surface area (Å²) in [6.07, 6.45) is 2.45. The Morgan fingerprint density at radius 3 is 2.41 bits per heavy atom. The second-order valence-electron chi connectivity index (χ2n) is 5.91. The molecule has 1 saturated heterocycles. The highest BCUT2D eigenvalue weighted by atomic mass is 16.5. The first kappa shape index (κ1) is 17.1. The Morgan fingerprint density at radius 2 is 1.82 bits per heavy atom. The Morgan fingerprint density at radius 1 is 1.14 bits per heavy atom. The van der Waals surface area contributed by atoms with Crippen molar-refractivity contribution in [3.63, 3.8) is 0 Å². The van der Waals surface area contributed by atoms with E-state index in [-0.39, 0.29) is 18.6 Å². The molecule has 0 saturated carbocycles. The number of ether oxygens (including phenoxy) is 2. The highest BCUT2D eigenvalue weighted by molar-refractivity contribution is 5.43. The molecule has 22 heavy (non-hydrogen) atoms. The fourth-order valence-corrected chi connectivity index (χ4v) is 3.28. The fourth-order valence-electron chi connectivity index (χ4n) is 3.28. The maximum Gasteiger partial charge on any atom is 0.124 e. The van der Waals surface area contributed by atoms with Crippen LogP contribution in [0.15, 0.2) is 18.2 Å². The topological polar surface area (TPSA) is 41.9 Å². The number of rotatable bonds is 8. The Hall–Kier alpha value is -1.26. The summed E-state index contributed by atoms with van der Waals surface area (Å²) in [6, 6.07) is 6.22. The number of benzene rings is 1. The predicted molar refractivity (Wildman–Crippen MR) is 88.6 cm³/mol. The molecule has 0 aliphatic carbocycles. The minimum absolute atomic E-state index is 0.161. The normalized spacial score (nSPS) is 18.2. The summed E-state index contributed by atoms with van der Waals surface area (Å²) in [6.45, 7) is 9.72. The van der Waals surface area contributed by atoms with Gasteiger partial charge in [-0.05, 0) is 63.9 Å². The molecule has 1 aromatic carbocycles. The lowest BCUT2D eigenvalue weighted by Crippen LogP contribution is -2.32. The van der Waals surface area contributed by atoms with Crippen LogP contribution in [0.25, 0.3) is 0 Å². The highest BCUT2D eigenvalue weighted by Gasteiger charge is 2.30. The maximum atomic E-state index is 9.72. The number of likely N-dealkylation sites (tertiary alicyclic amines) is 1. The molecule has 0 amide bonds. The highest BCUT2D eigenvalue weighted by Crippen LogP contribution is 2.38. The second-order valence-corrected chi connectivity index (χ2v) is 5.91. The first-order valence-electron chi connectivity index (χ1n) is 8.45. The van der Waals surface area contributed by atoms with Gasteiger partial charge in [-0.15, -0.1) is 0 Å². The van der Waals surface area contributed by atoms with Gasteiger partial charge in [-0.2, -0.15) is 0 Å². The quantitative estimate of drug-likeness (QED) is 0.800. The lowest BCUT2D eigenvalue weighted by atomic mass is 9.92.